The van der Waals surface area contributed by atoms with Crippen molar-refractivity contribution >= 4 is 16.9 Å². The first-order chi connectivity index (χ1) is 17.1. The molecule has 1 amide bonds. The van der Waals surface area contributed by atoms with Crippen LogP contribution in [0.3, 0.4) is 0 Å². The van der Waals surface area contributed by atoms with Gasteiger partial charge in [-0.2, -0.15) is 0 Å². The summed E-state index contributed by atoms with van der Waals surface area (Å²) in [6, 6.07) is 17.0. The van der Waals surface area contributed by atoms with Crippen LogP contribution < -0.4 is 14.8 Å². The molecule has 2 aromatic carbocycles. The SMILES string of the molecule is C=CCc1ccc(OCCCn2c(C(C)NC(=O)c3ccncc3)nc3ccccc32)c(OC)c1. The molecule has 2 aromatic heterocycles. The second-order valence-corrected chi connectivity index (χ2v) is 8.22. The van der Waals surface area contributed by atoms with Crippen molar-refractivity contribution in [2.75, 3.05) is 13.7 Å². The minimum atomic E-state index is -0.276. The van der Waals surface area contributed by atoms with Crippen molar-refractivity contribution < 1.29 is 14.3 Å². The molecule has 0 spiro atoms. The second-order valence-electron chi connectivity index (χ2n) is 8.22. The van der Waals surface area contributed by atoms with Gasteiger partial charge in [0.05, 0.1) is 30.8 Å². The number of hydrogen-bond acceptors (Lipinski definition) is 5. The number of pyridine rings is 1. The van der Waals surface area contributed by atoms with E-state index in [2.05, 4.69) is 21.4 Å². The van der Waals surface area contributed by atoms with Crippen molar-refractivity contribution in [1.82, 2.24) is 19.9 Å². The molecule has 0 aliphatic carbocycles. The molecule has 1 unspecified atom stereocenters. The number of fused-ring (bicyclic) bond motifs is 1. The Balaban J connectivity index is 1.46. The largest absolute Gasteiger partial charge is 0.493 e. The lowest BCUT2D eigenvalue weighted by molar-refractivity contribution is 0.0937. The number of allylic oxidation sites excluding steroid dienone is 1. The average Bonchev–Trinajstić information content (AvgIpc) is 3.26. The maximum absolute atomic E-state index is 12.7. The number of carbonyl (C=O) groups is 1. The molecule has 2 heterocycles. The molecule has 1 atom stereocenters. The van der Waals surface area contributed by atoms with Crippen molar-refractivity contribution in [2.24, 2.45) is 0 Å². The van der Waals surface area contributed by atoms with Crippen molar-refractivity contribution in [3.63, 3.8) is 0 Å². The number of nitrogens with zero attached hydrogens (tertiary/aromatic N) is 3. The highest BCUT2D eigenvalue weighted by Gasteiger charge is 2.19. The van der Waals surface area contributed by atoms with E-state index in [4.69, 9.17) is 14.5 Å². The van der Waals surface area contributed by atoms with Gasteiger partial charge in [-0.15, -0.1) is 6.58 Å². The zero-order valence-corrected chi connectivity index (χ0v) is 20.1. The Bertz CT molecular complexity index is 1300. The van der Waals surface area contributed by atoms with Crippen LogP contribution in [-0.2, 0) is 13.0 Å². The molecule has 180 valence electrons. The fourth-order valence-corrected chi connectivity index (χ4v) is 4.04. The molecule has 0 radical (unpaired) electrons. The molecule has 4 aromatic rings. The van der Waals surface area contributed by atoms with Crippen LogP contribution in [0.2, 0.25) is 0 Å². The molecular weight excluding hydrogens is 440 g/mol. The van der Waals surface area contributed by atoms with Gasteiger partial charge in [0.2, 0.25) is 0 Å². The third-order valence-corrected chi connectivity index (χ3v) is 5.75. The van der Waals surface area contributed by atoms with Gasteiger partial charge < -0.3 is 19.4 Å². The summed E-state index contributed by atoms with van der Waals surface area (Å²) in [5.74, 6) is 2.08. The van der Waals surface area contributed by atoms with Gasteiger partial charge >= 0.3 is 0 Å². The summed E-state index contributed by atoms with van der Waals surface area (Å²) in [4.78, 5) is 21.5. The third-order valence-electron chi connectivity index (χ3n) is 5.75. The summed E-state index contributed by atoms with van der Waals surface area (Å²) in [5, 5.41) is 3.06. The molecule has 7 heteroatoms. The highest BCUT2D eigenvalue weighted by molar-refractivity contribution is 5.94. The summed E-state index contributed by atoms with van der Waals surface area (Å²) in [6.45, 7) is 6.94. The third kappa shape index (κ3) is 5.69. The number of methoxy groups -OCH3 is 1. The van der Waals surface area contributed by atoms with Crippen LogP contribution in [0.4, 0.5) is 0 Å². The summed E-state index contributed by atoms with van der Waals surface area (Å²) in [5.41, 5.74) is 3.62. The zero-order chi connectivity index (χ0) is 24.6. The quantitative estimate of drug-likeness (QED) is 0.243. The Hall–Kier alpha value is -4.13. The zero-order valence-electron chi connectivity index (χ0n) is 20.1. The molecule has 35 heavy (non-hydrogen) atoms. The Kier molecular flexibility index (Phi) is 7.77. The number of para-hydroxylation sites is 2. The number of ether oxygens (including phenoxy) is 2. The molecule has 0 bridgehead atoms. The molecule has 0 aliphatic heterocycles. The van der Waals surface area contributed by atoms with Crippen LogP contribution in [-0.4, -0.2) is 34.2 Å². The lowest BCUT2D eigenvalue weighted by atomic mass is 10.1. The van der Waals surface area contributed by atoms with Crippen LogP contribution in [0.25, 0.3) is 11.0 Å². The first kappa shape index (κ1) is 24.0. The maximum atomic E-state index is 12.7. The molecule has 0 saturated heterocycles. The highest BCUT2D eigenvalue weighted by atomic mass is 16.5. The smallest absolute Gasteiger partial charge is 0.251 e. The normalized spacial score (nSPS) is 11.7. The monoisotopic (exact) mass is 470 g/mol. The predicted molar refractivity (Wildman–Crippen MR) is 137 cm³/mol. The lowest BCUT2D eigenvalue weighted by Crippen LogP contribution is -2.28. The highest BCUT2D eigenvalue weighted by Crippen LogP contribution is 2.29. The van der Waals surface area contributed by atoms with Gasteiger partial charge in [-0.25, -0.2) is 4.98 Å². The first-order valence-electron chi connectivity index (χ1n) is 11.7. The van der Waals surface area contributed by atoms with Gasteiger partial charge in [0.1, 0.15) is 5.82 Å². The van der Waals surface area contributed by atoms with E-state index in [9.17, 15) is 4.79 Å². The van der Waals surface area contributed by atoms with Crippen molar-refractivity contribution in [1.29, 1.82) is 0 Å². The second kappa shape index (κ2) is 11.3. The Labute approximate surface area is 205 Å². The number of amides is 1. The first-order valence-corrected chi connectivity index (χ1v) is 11.7. The average molecular weight is 471 g/mol. The van der Waals surface area contributed by atoms with Gasteiger partial charge in [-0.1, -0.05) is 24.3 Å². The van der Waals surface area contributed by atoms with Gasteiger partial charge in [-0.3, -0.25) is 9.78 Å². The molecular formula is C28H30N4O3. The minimum absolute atomic E-state index is 0.158. The van der Waals surface area contributed by atoms with E-state index < -0.39 is 0 Å². The van der Waals surface area contributed by atoms with Gasteiger partial charge in [-0.05, 0) is 61.7 Å². The lowest BCUT2D eigenvalue weighted by Gasteiger charge is -2.17. The fraction of sp³-hybridized carbons (Fsp3) is 0.250. The molecule has 0 fully saturated rings. The van der Waals surface area contributed by atoms with Gasteiger partial charge in [0, 0.05) is 24.5 Å². The van der Waals surface area contributed by atoms with E-state index in [0.29, 0.717) is 30.2 Å². The summed E-state index contributed by atoms with van der Waals surface area (Å²) in [7, 11) is 1.64. The molecule has 7 nitrogen and oxygen atoms in total. The van der Waals surface area contributed by atoms with Crippen molar-refractivity contribution in [3.05, 3.63) is 96.6 Å². The van der Waals surface area contributed by atoms with Crippen LogP contribution in [0, 0.1) is 0 Å². The van der Waals surface area contributed by atoms with Gasteiger partial charge in [0.15, 0.2) is 11.5 Å². The van der Waals surface area contributed by atoms with E-state index in [1.165, 1.54) is 0 Å². The Morgan fingerprint density at radius 1 is 1.14 bits per heavy atom. The summed E-state index contributed by atoms with van der Waals surface area (Å²) >= 11 is 0. The number of aryl methyl sites for hydroxylation is 1. The Morgan fingerprint density at radius 3 is 2.71 bits per heavy atom. The number of aromatic nitrogens is 3. The Morgan fingerprint density at radius 2 is 1.94 bits per heavy atom. The van der Waals surface area contributed by atoms with Gasteiger partial charge in [0.25, 0.3) is 5.91 Å². The summed E-state index contributed by atoms with van der Waals surface area (Å²) < 4.78 is 13.7. The number of hydrogen-bond donors (Lipinski definition) is 1. The molecule has 4 rings (SSSR count). The number of rotatable bonds is 11. The van der Waals surface area contributed by atoms with E-state index in [0.717, 1.165) is 35.3 Å². The molecule has 0 saturated carbocycles. The number of nitrogens with one attached hydrogen (secondary N) is 1. The van der Waals surface area contributed by atoms with E-state index in [-0.39, 0.29) is 11.9 Å². The van der Waals surface area contributed by atoms with Crippen LogP contribution >= 0.6 is 0 Å². The van der Waals surface area contributed by atoms with Crippen molar-refractivity contribution in [3.8, 4) is 11.5 Å². The maximum Gasteiger partial charge on any atom is 0.251 e. The topological polar surface area (TPSA) is 78.3 Å². The molecule has 0 aliphatic rings. The van der Waals surface area contributed by atoms with E-state index in [1.54, 1.807) is 31.6 Å². The summed E-state index contributed by atoms with van der Waals surface area (Å²) in [6.07, 6.45) is 6.62. The fourth-order valence-electron chi connectivity index (χ4n) is 4.04. The number of imidazole rings is 1. The van der Waals surface area contributed by atoms with E-state index in [1.807, 2.05) is 55.5 Å². The molecule has 1 N–H and O–H groups in total. The van der Waals surface area contributed by atoms with Crippen LogP contribution in [0.5, 0.6) is 11.5 Å². The number of carbonyl (C=O) groups excluding carboxylic acids is 1. The number of benzene rings is 2. The standard InChI is InChI=1S/C28H30N4O3/c1-4-8-21-11-12-25(26(19-21)34-3)35-18-7-17-32-24-10-6-5-9-23(24)31-27(32)20(2)30-28(33)22-13-15-29-16-14-22/h4-6,9-16,19-20H,1,7-8,17-18H2,2-3H3,(H,30,33). The van der Waals surface area contributed by atoms with Crippen molar-refractivity contribution in [2.45, 2.75) is 32.4 Å². The van der Waals surface area contributed by atoms with E-state index >= 15 is 0 Å². The van der Waals surface area contributed by atoms with Crippen LogP contribution in [0.1, 0.15) is 41.1 Å². The minimum Gasteiger partial charge on any atom is -0.493 e. The van der Waals surface area contributed by atoms with Crippen LogP contribution in [0.15, 0.2) is 79.6 Å². The predicted octanol–water partition coefficient (Wildman–Crippen LogP) is 5.13.